The lowest BCUT2D eigenvalue weighted by Crippen LogP contribution is -2.03. The van der Waals surface area contributed by atoms with Crippen molar-refractivity contribution >= 4 is 44.5 Å². The summed E-state index contributed by atoms with van der Waals surface area (Å²) in [4.78, 5) is 11.3. The molecule has 0 saturated heterocycles. The number of carboxylic acids is 1. The molecule has 0 amide bonds. The summed E-state index contributed by atoms with van der Waals surface area (Å²) in [6.45, 7) is 0. The fourth-order valence-corrected chi connectivity index (χ4v) is 2.72. The van der Waals surface area contributed by atoms with Crippen LogP contribution in [0.3, 0.4) is 0 Å². The van der Waals surface area contributed by atoms with E-state index in [4.69, 9.17) is 11.6 Å². The van der Waals surface area contributed by atoms with Gasteiger partial charge in [-0.3, -0.25) is 0 Å². The van der Waals surface area contributed by atoms with Gasteiger partial charge in [0.05, 0.1) is 16.3 Å². The van der Waals surface area contributed by atoms with Crippen LogP contribution in [0.2, 0.25) is 5.02 Å². The standard InChI is InChI=1S/C13H7BrClN3O2/c14-7-4-5-11(9(15)6-7)18-12-8(13(19)20)2-1-3-10(12)16-17-18/h1-6H,(H,19,20). The summed E-state index contributed by atoms with van der Waals surface area (Å²) in [5, 5.41) is 17.7. The van der Waals surface area contributed by atoms with Gasteiger partial charge in [-0.05, 0) is 30.3 Å². The number of hydrogen-bond acceptors (Lipinski definition) is 3. The zero-order chi connectivity index (χ0) is 14.3. The molecule has 1 N–H and O–H groups in total. The zero-order valence-corrected chi connectivity index (χ0v) is 12.3. The van der Waals surface area contributed by atoms with Crippen LogP contribution in [-0.4, -0.2) is 26.1 Å². The maximum atomic E-state index is 11.3. The number of carboxylic acid groups (broad SMARTS) is 1. The molecule has 0 fully saturated rings. The summed E-state index contributed by atoms with van der Waals surface area (Å²) >= 11 is 9.51. The molecule has 7 heteroatoms. The lowest BCUT2D eigenvalue weighted by Gasteiger charge is -2.06. The van der Waals surface area contributed by atoms with Crippen LogP contribution in [0.25, 0.3) is 16.7 Å². The predicted molar refractivity (Wildman–Crippen MR) is 78.5 cm³/mol. The molecule has 1 aromatic heterocycles. The molecule has 3 rings (SSSR count). The van der Waals surface area contributed by atoms with Crippen LogP contribution in [0.4, 0.5) is 0 Å². The van der Waals surface area contributed by atoms with Crippen molar-refractivity contribution in [2.75, 3.05) is 0 Å². The smallest absolute Gasteiger partial charge is 0.337 e. The molecule has 0 bridgehead atoms. The monoisotopic (exact) mass is 351 g/mol. The predicted octanol–water partition coefficient (Wildman–Crippen LogP) is 3.53. The number of hydrogen-bond donors (Lipinski definition) is 1. The van der Waals surface area contributed by atoms with E-state index in [-0.39, 0.29) is 5.56 Å². The molecular formula is C13H7BrClN3O2. The fraction of sp³-hybridized carbons (Fsp3) is 0. The van der Waals surface area contributed by atoms with Gasteiger partial charge < -0.3 is 5.11 Å². The van der Waals surface area contributed by atoms with Crippen molar-refractivity contribution in [3.63, 3.8) is 0 Å². The minimum Gasteiger partial charge on any atom is -0.478 e. The quantitative estimate of drug-likeness (QED) is 0.766. The molecular weight excluding hydrogens is 346 g/mol. The van der Waals surface area contributed by atoms with E-state index in [1.807, 2.05) is 0 Å². The fourth-order valence-electron chi connectivity index (χ4n) is 1.97. The molecule has 0 aliphatic rings. The molecule has 0 atom stereocenters. The molecule has 2 aromatic carbocycles. The Bertz CT molecular complexity index is 832. The zero-order valence-electron chi connectivity index (χ0n) is 9.92. The molecule has 0 aliphatic heterocycles. The van der Waals surface area contributed by atoms with Gasteiger partial charge in [0.2, 0.25) is 0 Å². The number of nitrogens with zero attached hydrogens (tertiary/aromatic N) is 3. The van der Waals surface area contributed by atoms with Crippen molar-refractivity contribution in [3.05, 3.63) is 51.5 Å². The number of aromatic nitrogens is 3. The van der Waals surface area contributed by atoms with Crippen molar-refractivity contribution in [2.45, 2.75) is 0 Å². The van der Waals surface area contributed by atoms with Gasteiger partial charge in [0, 0.05) is 4.47 Å². The second kappa shape index (κ2) is 4.88. The number of fused-ring (bicyclic) bond motifs is 1. The summed E-state index contributed by atoms with van der Waals surface area (Å²) in [5.74, 6) is -1.03. The molecule has 100 valence electrons. The first kappa shape index (κ1) is 13.1. The number of rotatable bonds is 2. The number of para-hydroxylation sites is 1. The van der Waals surface area contributed by atoms with Crippen LogP contribution >= 0.6 is 27.5 Å². The normalized spacial score (nSPS) is 10.9. The van der Waals surface area contributed by atoms with Crippen molar-refractivity contribution in [1.29, 1.82) is 0 Å². The van der Waals surface area contributed by atoms with Gasteiger partial charge in [-0.1, -0.05) is 38.8 Å². The number of halogens is 2. The van der Waals surface area contributed by atoms with Crippen molar-refractivity contribution < 1.29 is 9.90 Å². The van der Waals surface area contributed by atoms with Gasteiger partial charge in [0.1, 0.15) is 11.0 Å². The Hall–Kier alpha value is -1.92. The van der Waals surface area contributed by atoms with Gasteiger partial charge in [-0.15, -0.1) is 5.10 Å². The molecule has 20 heavy (non-hydrogen) atoms. The first-order chi connectivity index (χ1) is 9.58. The van der Waals surface area contributed by atoms with Gasteiger partial charge in [0.15, 0.2) is 0 Å². The maximum absolute atomic E-state index is 11.3. The highest BCUT2D eigenvalue weighted by molar-refractivity contribution is 9.10. The lowest BCUT2D eigenvalue weighted by molar-refractivity contribution is 0.0698. The topological polar surface area (TPSA) is 68.0 Å². The molecule has 3 aromatic rings. The molecule has 0 saturated carbocycles. The Morgan fingerprint density at radius 2 is 2.10 bits per heavy atom. The minimum absolute atomic E-state index is 0.131. The van der Waals surface area contributed by atoms with Gasteiger partial charge in [-0.2, -0.15) is 0 Å². The second-order valence-electron chi connectivity index (χ2n) is 4.08. The average molecular weight is 353 g/mol. The second-order valence-corrected chi connectivity index (χ2v) is 5.40. The summed E-state index contributed by atoms with van der Waals surface area (Å²) < 4.78 is 2.27. The van der Waals surface area contributed by atoms with Crippen LogP contribution in [-0.2, 0) is 0 Å². The molecule has 0 unspecified atom stereocenters. The third kappa shape index (κ3) is 2.07. The highest BCUT2D eigenvalue weighted by atomic mass is 79.9. The van der Waals surface area contributed by atoms with Gasteiger partial charge in [-0.25, -0.2) is 9.48 Å². The van der Waals surface area contributed by atoms with E-state index in [1.165, 1.54) is 10.7 Å². The first-order valence-corrected chi connectivity index (χ1v) is 6.78. The summed E-state index contributed by atoms with van der Waals surface area (Å²) in [7, 11) is 0. The van der Waals surface area contributed by atoms with E-state index in [1.54, 1.807) is 30.3 Å². The Labute approximate surface area is 126 Å². The van der Waals surface area contributed by atoms with E-state index in [2.05, 4.69) is 26.2 Å². The first-order valence-electron chi connectivity index (χ1n) is 5.61. The van der Waals surface area contributed by atoms with E-state index in [9.17, 15) is 9.90 Å². The maximum Gasteiger partial charge on any atom is 0.337 e. The van der Waals surface area contributed by atoms with Crippen LogP contribution in [0.5, 0.6) is 0 Å². The van der Waals surface area contributed by atoms with E-state index in [0.29, 0.717) is 21.7 Å². The van der Waals surface area contributed by atoms with E-state index >= 15 is 0 Å². The SMILES string of the molecule is O=C(O)c1cccc2nnn(-c3ccc(Br)cc3Cl)c12. The van der Waals surface area contributed by atoms with Crippen molar-refractivity contribution in [2.24, 2.45) is 0 Å². The Morgan fingerprint density at radius 3 is 2.80 bits per heavy atom. The molecule has 0 aliphatic carbocycles. The number of carbonyl (C=O) groups is 1. The molecule has 1 heterocycles. The Morgan fingerprint density at radius 1 is 1.30 bits per heavy atom. The number of aromatic carboxylic acids is 1. The summed E-state index contributed by atoms with van der Waals surface area (Å²) in [6, 6.07) is 10.1. The van der Waals surface area contributed by atoms with E-state index in [0.717, 1.165) is 4.47 Å². The highest BCUT2D eigenvalue weighted by Crippen LogP contribution is 2.27. The van der Waals surface area contributed by atoms with Crippen molar-refractivity contribution in [1.82, 2.24) is 15.0 Å². The van der Waals surface area contributed by atoms with Crippen LogP contribution < -0.4 is 0 Å². The molecule has 0 radical (unpaired) electrons. The summed E-state index contributed by atoms with van der Waals surface area (Å²) in [5.41, 5.74) is 1.63. The third-order valence-electron chi connectivity index (χ3n) is 2.84. The molecule has 0 spiro atoms. The van der Waals surface area contributed by atoms with Crippen LogP contribution in [0, 0.1) is 0 Å². The minimum atomic E-state index is -1.03. The van der Waals surface area contributed by atoms with Crippen LogP contribution in [0.1, 0.15) is 10.4 Å². The largest absolute Gasteiger partial charge is 0.478 e. The van der Waals surface area contributed by atoms with Crippen LogP contribution in [0.15, 0.2) is 40.9 Å². The van der Waals surface area contributed by atoms with Crippen molar-refractivity contribution in [3.8, 4) is 5.69 Å². The van der Waals surface area contributed by atoms with Gasteiger partial charge >= 0.3 is 5.97 Å². The number of benzene rings is 2. The summed E-state index contributed by atoms with van der Waals surface area (Å²) in [6.07, 6.45) is 0. The van der Waals surface area contributed by atoms with E-state index < -0.39 is 5.97 Å². The average Bonchev–Trinajstić information content (AvgIpc) is 2.82. The highest BCUT2D eigenvalue weighted by Gasteiger charge is 2.17. The lowest BCUT2D eigenvalue weighted by atomic mass is 10.2. The Balaban J connectivity index is 2.34. The van der Waals surface area contributed by atoms with Gasteiger partial charge in [0.25, 0.3) is 0 Å². The Kier molecular flexibility index (Phi) is 3.19. The molecule has 5 nitrogen and oxygen atoms in total. The third-order valence-corrected chi connectivity index (χ3v) is 3.63.